The highest BCUT2D eigenvalue weighted by Gasteiger charge is 2.53. The van der Waals surface area contributed by atoms with E-state index < -0.39 is 11.4 Å². The first-order chi connectivity index (χ1) is 11.1. The fraction of sp³-hybridized carbons (Fsp3) is 0.368. The van der Waals surface area contributed by atoms with E-state index >= 15 is 0 Å². The van der Waals surface area contributed by atoms with Crippen molar-refractivity contribution in [3.8, 4) is 5.75 Å². The van der Waals surface area contributed by atoms with E-state index in [9.17, 15) is 4.39 Å². The second kappa shape index (κ2) is 5.50. The maximum Gasteiger partial charge on any atom is 0.156 e. The summed E-state index contributed by atoms with van der Waals surface area (Å²) in [5.74, 6) is 0.270. The normalized spacial score (nSPS) is 29.3. The molecule has 0 saturated carbocycles. The second-order valence-electron chi connectivity index (χ2n) is 6.44. The molecule has 2 nitrogen and oxygen atoms in total. The average Bonchev–Trinajstić information content (AvgIpc) is 3.18. The standard InChI is InChI=1S/C19H19ClFNO/c1-12-14-10-15(20)16(21)11-17(14)23-19(12,18-8-5-9-22-18)13-6-3-2-4-7-13/h2-4,6-7,10-12,18,22H,5,8-9H2,1H3/t12-,18?,19-/m0/s1. The van der Waals surface area contributed by atoms with Crippen LogP contribution in [-0.2, 0) is 5.60 Å². The lowest BCUT2D eigenvalue weighted by Crippen LogP contribution is -2.50. The van der Waals surface area contributed by atoms with Crippen LogP contribution in [0.2, 0.25) is 5.02 Å². The van der Waals surface area contributed by atoms with Crippen molar-refractivity contribution in [1.29, 1.82) is 0 Å². The molecule has 2 aromatic rings. The minimum absolute atomic E-state index is 0.0913. The Balaban J connectivity index is 1.88. The molecule has 1 N–H and O–H groups in total. The second-order valence-corrected chi connectivity index (χ2v) is 6.84. The molecule has 1 fully saturated rings. The Labute approximate surface area is 140 Å². The van der Waals surface area contributed by atoms with Crippen LogP contribution in [0.25, 0.3) is 0 Å². The van der Waals surface area contributed by atoms with Crippen LogP contribution in [0.5, 0.6) is 5.75 Å². The van der Waals surface area contributed by atoms with Crippen molar-refractivity contribution < 1.29 is 9.13 Å². The molecular weight excluding hydrogens is 313 g/mol. The van der Waals surface area contributed by atoms with E-state index in [0.29, 0.717) is 5.75 Å². The number of hydrogen-bond acceptors (Lipinski definition) is 2. The number of nitrogens with one attached hydrogen (secondary N) is 1. The van der Waals surface area contributed by atoms with Crippen LogP contribution in [0.3, 0.4) is 0 Å². The van der Waals surface area contributed by atoms with Gasteiger partial charge >= 0.3 is 0 Å². The molecule has 0 amide bonds. The molecule has 1 saturated heterocycles. The zero-order valence-electron chi connectivity index (χ0n) is 13.0. The summed E-state index contributed by atoms with van der Waals surface area (Å²) in [6.07, 6.45) is 2.17. The monoisotopic (exact) mass is 331 g/mol. The number of ether oxygens (including phenoxy) is 1. The summed E-state index contributed by atoms with van der Waals surface area (Å²) in [5, 5.41) is 3.74. The van der Waals surface area contributed by atoms with Crippen LogP contribution in [0.15, 0.2) is 42.5 Å². The molecule has 4 rings (SSSR count). The number of hydrogen-bond donors (Lipinski definition) is 1. The summed E-state index contributed by atoms with van der Waals surface area (Å²) in [4.78, 5) is 0. The van der Waals surface area contributed by atoms with Gasteiger partial charge < -0.3 is 10.1 Å². The van der Waals surface area contributed by atoms with E-state index in [2.05, 4.69) is 24.4 Å². The molecule has 2 aromatic carbocycles. The molecule has 3 atom stereocenters. The minimum atomic E-state index is -0.517. The zero-order valence-corrected chi connectivity index (χ0v) is 13.7. The lowest BCUT2D eigenvalue weighted by atomic mass is 9.74. The van der Waals surface area contributed by atoms with Gasteiger partial charge in [0.15, 0.2) is 5.60 Å². The first-order valence-corrected chi connectivity index (χ1v) is 8.47. The number of halogens is 2. The first kappa shape index (κ1) is 15.0. The lowest BCUT2D eigenvalue weighted by Gasteiger charge is -2.39. The topological polar surface area (TPSA) is 21.3 Å². The smallest absolute Gasteiger partial charge is 0.156 e. The molecule has 120 valence electrons. The van der Waals surface area contributed by atoms with Crippen LogP contribution in [0, 0.1) is 5.82 Å². The van der Waals surface area contributed by atoms with Crippen molar-refractivity contribution >= 4 is 11.6 Å². The third-order valence-electron chi connectivity index (χ3n) is 5.24. The van der Waals surface area contributed by atoms with Crippen molar-refractivity contribution in [3.63, 3.8) is 0 Å². The van der Waals surface area contributed by atoms with Gasteiger partial charge in [-0.15, -0.1) is 0 Å². The molecule has 2 heterocycles. The number of fused-ring (bicyclic) bond motifs is 1. The Morgan fingerprint density at radius 2 is 2.04 bits per heavy atom. The van der Waals surface area contributed by atoms with Crippen LogP contribution in [0.4, 0.5) is 4.39 Å². The van der Waals surface area contributed by atoms with Crippen molar-refractivity contribution in [2.45, 2.75) is 37.3 Å². The predicted molar refractivity (Wildman–Crippen MR) is 89.6 cm³/mol. The molecule has 2 aliphatic rings. The Kier molecular flexibility index (Phi) is 3.58. The van der Waals surface area contributed by atoms with Crippen molar-refractivity contribution in [1.82, 2.24) is 5.32 Å². The molecule has 4 heteroatoms. The minimum Gasteiger partial charge on any atom is -0.480 e. The van der Waals surface area contributed by atoms with Crippen molar-refractivity contribution in [2.24, 2.45) is 0 Å². The quantitative estimate of drug-likeness (QED) is 0.866. The summed E-state index contributed by atoms with van der Waals surface area (Å²) in [7, 11) is 0. The van der Waals surface area contributed by atoms with Gasteiger partial charge in [-0.3, -0.25) is 0 Å². The molecule has 23 heavy (non-hydrogen) atoms. The van der Waals surface area contributed by atoms with E-state index in [0.717, 1.165) is 30.5 Å². The van der Waals surface area contributed by atoms with E-state index in [1.54, 1.807) is 6.07 Å². The lowest BCUT2D eigenvalue weighted by molar-refractivity contribution is 0.0333. The van der Waals surface area contributed by atoms with Gasteiger partial charge in [0, 0.05) is 17.5 Å². The van der Waals surface area contributed by atoms with Crippen molar-refractivity contribution in [3.05, 3.63) is 64.4 Å². The molecule has 0 aromatic heterocycles. The molecule has 1 unspecified atom stereocenters. The van der Waals surface area contributed by atoms with Crippen molar-refractivity contribution in [2.75, 3.05) is 6.54 Å². The highest BCUT2D eigenvalue weighted by molar-refractivity contribution is 6.30. The number of rotatable bonds is 2. The predicted octanol–water partition coefficient (Wildman–Crippen LogP) is 4.62. The highest BCUT2D eigenvalue weighted by Crippen LogP contribution is 2.54. The van der Waals surface area contributed by atoms with Gasteiger partial charge in [-0.2, -0.15) is 0 Å². The first-order valence-electron chi connectivity index (χ1n) is 8.10. The summed E-state index contributed by atoms with van der Waals surface area (Å²) in [6.45, 7) is 3.13. The maximum absolute atomic E-state index is 13.9. The summed E-state index contributed by atoms with van der Waals surface area (Å²) in [5.41, 5.74) is 1.59. The van der Waals surface area contributed by atoms with Crippen LogP contribution >= 0.6 is 11.6 Å². The van der Waals surface area contributed by atoms with Gasteiger partial charge in [-0.1, -0.05) is 48.9 Å². The Morgan fingerprint density at radius 3 is 2.74 bits per heavy atom. The molecule has 0 aliphatic carbocycles. The van der Waals surface area contributed by atoms with E-state index in [-0.39, 0.29) is 17.0 Å². The van der Waals surface area contributed by atoms with Crippen LogP contribution in [-0.4, -0.2) is 12.6 Å². The fourth-order valence-corrected chi connectivity index (χ4v) is 4.28. The molecule has 0 bridgehead atoms. The Bertz CT molecular complexity index is 730. The average molecular weight is 332 g/mol. The highest BCUT2D eigenvalue weighted by atomic mass is 35.5. The van der Waals surface area contributed by atoms with Crippen LogP contribution in [0.1, 0.15) is 36.8 Å². The molecule has 0 radical (unpaired) electrons. The SMILES string of the molecule is C[C@H]1c2cc(Cl)c(F)cc2O[C@@]1(c1ccccc1)C1CCCN1. The Hall–Kier alpha value is -1.58. The van der Waals surface area contributed by atoms with E-state index in [1.165, 1.54) is 6.07 Å². The summed E-state index contributed by atoms with van der Waals surface area (Å²) < 4.78 is 20.4. The van der Waals surface area contributed by atoms with Gasteiger partial charge in [0.2, 0.25) is 0 Å². The van der Waals surface area contributed by atoms with Gasteiger partial charge in [0.25, 0.3) is 0 Å². The largest absolute Gasteiger partial charge is 0.480 e. The molecule has 0 spiro atoms. The summed E-state index contributed by atoms with van der Waals surface area (Å²) in [6, 6.07) is 13.6. The third-order valence-corrected chi connectivity index (χ3v) is 5.53. The van der Waals surface area contributed by atoms with Gasteiger partial charge in [-0.05, 0) is 31.0 Å². The number of benzene rings is 2. The fourth-order valence-electron chi connectivity index (χ4n) is 4.10. The third kappa shape index (κ3) is 2.18. The molecule has 2 aliphatic heterocycles. The zero-order chi connectivity index (χ0) is 16.0. The molecular formula is C19H19ClFNO. The maximum atomic E-state index is 13.9. The van der Waals surface area contributed by atoms with E-state index in [4.69, 9.17) is 16.3 Å². The Morgan fingerprint density at radius 1 is 1.26 bits per heavy atom. The van der Waals surface area contributed by atoms with Gasteiger partial charge in [-0.25, -0.2) is 4.39 Å². The summed E-state index contributed by atoms with van der Waals surface area (Å²) >= 11 is 6.01. The van der Waals surface area contributed by atoms with Gasteiger partial charge in [0.05, 0.1) is 11.1 Å². The van der Waals surface area contributed by atoms with Crippen LogP contribution < -0.4 is 10.1 Å². The van der Waals surface area contributed by atoms with E-state index in [1.807, 2.05) is 18.2 Å². The van der Waals surface area contributed by atoms with Gasteiger partial charge in [0.1, 0.15) is 11.6 Å².